The Balaban J connectivity index is 1.76. The minimum absolute atomic E-state index is 0.124. The molecule has 0 radical (unpaired) electrons. The summed E-state index contributed by atoms with van der Waals surface area (Å²) in [5.74, 6) is -0.239. The van der Waals surface area contributed by atoms with Gasteiger partial charge in [0.25, 0.3) is 5.91 Å². The van der Waals surface area contributed by atoms with Crippen LogP contribution in [0.5, 0.6) is 5.75 Å². The van der Waals surface area contributed by atoms with Gasteiger partial charge in [0, 0.05) is 9.35 Å². The molecule has 1 heterocycles. The Hall–Kier alpha value is -1.97. The smallest absolute Gasteiger partial charge is 0.341 e. The molecule has 0 bridgehead atoms. The molecule has 1 aliphatic rings. The quantitative estimate of drug-likeness (QED) is 0.248. The van der Waals surface area contributed by atoms with Crippen LogP contribution in [0.3, 0.4) is 0 Å². The van der Waals surface area contributed by atoms with Gasteiger partial charge in [-0.3, -0.25) is 10.1 Å². The molecular weight excluding hydrogens is 512 g/mol. The number of unbranched alkanes of at least 4 members (excludes halogenated alkanes) is 1. The molecule has 0 spiro atoms. The summed E-state index contributed by atoms with van der Waals surface area (Å²) in [7, 11) is 0. The lowest BCUT2D eigenvalue weighted by molar-refractivity contribution is 0.0526. The first-order valence-corrected chi connectivity index (χ1v) is 12.8. The molecule has 32 heavy (non-hydrogen) atoms. The second-order valence-electron chi connectivity index (χ2n) is 7.39. The number of carbonyl (C=O) groups excluding carboxylic acids is 2. The van der Waals surface area contributed by atoms with Crippen LogP contribution in [0, 0.1) is 0 Å². The highest BCUT2D eigenvalue weighted by atomic mass is 79.9. The first-order valence-electron chi connectivity index (χ1n) is 10.8. The van der Waals surface area contributed by atoms with Gasteiger partial charge in [0.1, 0.15) is 10.8 Å². The standard InChI is InChI=1S/C23H27BrN2O4S2/c1-3-5-12-30-17-11-10-14(24)13-16(17)20(27)25-23(31)26-21-19(22(28)29-4-2)15-8-6-7-9-18(15)32-21/h10-11,13H,3-9,12H2,1-2H3,(H2,25,26,27,31). The zero-order valence-electron chi connectivity index (χ0n) is 18.2. The topological polar surface area (TPSA) is 76.7 Å². The van der Waals surface area contributed by atoms with Crippen LogP contribution in [-0.2, 0) is 17.6 Å². The van der Waals surface area contributed by atoms with Crippen molar-refractivity contribution in [3.8, 4) is 5.75 Å². The molecule has 0 saturated heterocycles. The van der Waals surface area contributed by atoms with E-state index < -0.39 is 0 Å². The Morgan fingerprint density at radius 2 is 2.00 bits per heavy atom. The summed E-state index contributed by atoms with van der Waals surface area (Å²) in [6.45, 7) is 4.70. The van der Waals surface area contributed by atoms with Crippen LogP contribution >= 0.6 is 39.5 Å². The monoisotopic (exact) mass is 538 g/mol. The third-order valence-corrected chi connectivity index (χ3v) is 6.95. The number of benzene rings is 1. The van der Waals surface area contributed by atoms with Crippen LogP contribution in [0.2, 0.25) is 0 Å². The van der Waals surface area contributed by atoms with Crippen LogP contribution in [0.4, 0.5) is 5.00 Å². The predicted molar refractivity (Wildman–Crippen MR) is 135 cm³/mol. The number of amides is 1. The number of aryl methyl sites for hydroxylation is 1. The maximum absolute atomic E-state index is 12.9. The SMILES string of the molecule is CCCCOc1ccc(Br)cc1C(=O)NC(=S)Nc1sc2c(c1C(=O)OCC)CCCC2. The third-order valence-electron chi connectivity index (χ3n) is 5.05. The molecule has 0 aliphatic heterocycles. The van der Waals surface area contributed by atoms with Gasteiger partial charge in [0.2, 0.25) is 0 Å². The number of carbonyl (C=O) groups is 2. The maximum atomic E-state index is 12.9. The minimum atomic E-state index is -0.380. The van der Waals surface area contributed by atoms with Crippen molar-refractivity contribution in [1.82, 2.24) is 5.32 Å². The number of thiophene rings is 1. The normalized spacial score (nSPS) is 12.6. The van der Waals surface area contributed by atoms with Crippen molar-refractivity contribution in [2.75, 3.05) is 18.5 Å². The van der Waals surface area contributed by atoms with E-state index >= 15 is 0 Å². The number of rotatable bonds is 8. The van der Waals surface area contributed by atoms with Crippen molar-refractivity contribution in [2.45, 2.75) is 52.4 Å². The molecule has 2 aromatic rings. The van der Waals surface area contributed by atoms with E-state index in [1.165, 1.54) is 16.2 Å². The summed E-state index contributed by atoms with van der Waals surface area (Å²) < 4.78 is 11.8. The molecule has 0 unspecified atom stereocenters. The van der Waals surface area contributed by atoms with Crippen molar-refractivity contribution in [1.29, 1.82) is 0 Å². The van der Waals surface area contributed by atoms with E-state index in [1.54, 1.807) is 19.1 Å². The lowest BCUT2D eigenvalue weighted by Gasteiger charge is -2.14. The molecule has 172 valence electrons. The first kappa shape index (κ1) is 24.7. The number of nitrogens with one attached hydrogen (secondary N) is 2. The molecule has 1 aromatic carbocycles. The minimum Gasteiger partial charge on any atom is -0.493 e. The van der Waals surface area contributed by atoms with E-state index in [4.69, 9.17) is 21.7 Å². The number of ether oxygens (including phenoxy) is 2. The van der Waals surface area contributed by atoms with Crippen molar-refractivity contribution >= 4 is 61.5 Å². The number of hydrogen-bond donors (Lipinski definition) is 2. The number of esters is 1. The molecule has 1 amide bonds. The van der Waals surface area contributed by atoms with Gasteiger partial charge in [-0.1, -0.05) is 29.3 Å². The lowest BCUT2D eigenvalue weighted by atomic mass is 9.95. The maximum Gasteiger partial charge on any atom is 0.341 e. The number of hydrogen-bond acceptors (Lipinski definition) is 6. The van der Waals surface area contributed by atoms with Gasteiger partial charge in [-0.05, 0) is 75.0 Å². The first-order chi connectivity index (χ1) is 15.4. The Bertz CT molecular complexity index is 1010. The van der Waals surface area contributed by atoms with Crippen LogP contribution in [0.1, 0.15) is 70.7 Å². The second-order valence-corrected chi connectivity index (χ2v) is 9.82. The van der Waals surface area contributed by atoms with Crippen molar-refractivity contribution < 1.29 is 19.1 Å². The van der Waals surface area contributed by atoms with E-state index in [9.17, 15) is 9.59 Å². The Morgan fingerprint density at radius 3 is 2.75 bits per heavy atom. The molecule has 0 fully saturated rings. The van der Waals surface area contributed by atoms with Crippen LogP contribution < -0.4 is 15.4 Å². The average Bonchev–Trinajstić information content (AvgIpc) is 3.12. The summed E-state index contributed by atoms with van der Waals surface area (Å²) >= 11 is 10.3. The van der Waals surface area contributed by atoms with E-state index in [0.717, 1.165) is 48.6 Å². The summed E-state index contributed by atoms with van der Waals surface area (Å²) in [6.07, 6.45) is 5.82. The second kappa shape index (κ2) is 11.8. The van der Waals surface area contributed by atoms with Crippen LogP contribution in [0.25, 0.3) is 0 Å². The average molecular weight is 540 g/mol. The molecular formula is C23H27BrN2O4S2. The molecule has 1 aliphatic carbocycles. The van der Waals surface area contributed by atoms with Crippen LogP contribution in [0.15, 0.2) is 22.7 Å². The number of fused-ring (bicyclic) bond motifs is 1. The lowest BCUT2D eigenvalue weighted by Crippen LogP contribution is -2.34. The van der Waals surface area contributed by atoms with Crippen molar-refractivity contribution in [2.24, 2.45) is 0 Å². The predicted octanol–water partition coefficient (Wildman–Crippen LogP) is 5.87. The van der Waals surface area contributed by atoms with Gasteiger partial charge in [0.05, 0.1) is 24.3 Å². The molecule has 2 N–H and O–H groups in total. The fourth-order valence-corrected chi connectivity index (χ4v) is 5.41. The van der Waals surface area contributed by atoms with E-state index in [1.807, 2.05) is 6.07 Å². The Labute approximate surface area is 206 Å². The number of anilines is 1. The summed E-state index contributed by atoms with van der Waals surface area (Å²) in [4.78, 5) is 26.7. The van der Waals surface area contributed by atoms with E-state index in [-0.39, 0.29) is 17.0 Å². The fourth-order valence-electron chi connectivity index (χ4n) is 3.51. The fraction of sp³-hybridized carbons (Fsp3) is 0.435. The van der Waals surface area contributed by atoms with Gasteiger partial charge >= 0.3 is 5.97 Å². The van der Waals surface area contributed by atoms with Crippen LogP contribution in [-0.4, -0.2) is 30.2 Å². The molecule has 3 rings (SSSR count). The van der Waals surface area contributed by atoms with Crippen molar-refractivity contribution in [3.05, 3.63) is 44.2 Å². The summed E-state index contributed by atoms with van der Waals surface area (Å²) in [6, 6.07) is 5.29. The Morgan fingerprint density at radius 1 is 1.22 bits per heavy atom. The summed E-state index contributed by atoms with van der Waals surface area (Å²) in [5, 5.41) is 6.52. The van der Waals surface area contributed by atoms with Gasteiger partial charge in [-0.25, -0.2) is 4.79 Å². The molecule has 0 saturated carbocycles. The molecule has 9 heteroatoms. The number of thiocarbonyl (C=S) groups is 1. The molecule has 0 atom stereocenters. The third kappa shape index (κ3) is 6.08. The highest BCUT2D eigenvalue weighted by Gasteiger charge is 2.27. The van der Waals surface area contributed by atoms with Crippen molar-refractivity contribution in [3.63, 3.8) is 0 Å². The number of halogens is 1. The van der Waals surface area contributed by atoms with E-state index in [2.05, 4.69) is 33.5 Å². The van der Waals surface area contributed by atoms with Gasteiger partial charge < -0.3 is 14.8 Å². The summed E-state index contributed by atoms with van der Waals surface area (Å²) in [5.41, 5.74) is 1.96. The zero-order valence-corrected chi connectivity index (χ0v) is 21.4. The molecule has 6 nitrogen and oxygen atoms in total. The van der Waals surface area contributed by atoms with Gasteiger partial charge in [-0.15, -0.1) is 11.3 Å². The zero-order chi connectivity index (χ0) is 23.1. The highest BCUT2D eigenvalue weighted by Crippen LogP contribution is 2.38. The largest absolute Gasteiger partial charge is 0.493 e. The molecule has 1 aromatic heterocycles. The van der Waals surface area contributed by atoms with Gasteiger partial charge in [0.15, 0.2) is 5.11 Å². The van der Waals surface area contributed by atoms with Gasteiger partial charge in [-0.2, -0.15) is 0 Å². The highest BCUT2D eigenvalue weighted by molar-refractivity contribution is 9.10. The Kier molecular flexibility index (Phi) is 9.07. The van der Waals surface area contributed by atoms with E-state index in [0.29, 0.717) is 35.1 Å².